The minimum absolute atomic E-state index is 0.316. The van der Waals surface area contributed by atoms with Crippen LogP contribution >= 0.6 is 15.9 Å². The van der Waals surface area contributed by atoms with Crippen LogP contribution in [0.1, 0.15) is 0 Å². The molecule has 2 aromatic carbocycles. The summed E-state index contributed by atoms with van der Waals surface area (Å²) < 4.78 is 29.7. The summed E-state index contributed by atoms with van der Waals surface area (Å²) in [6.07, 6.45) is 3.42. The van der Waals surface area contributed by atoms with Gasteiger partial charge in [0.2, 0.25) is 0 Å². The third kappa shape index (κ3) is 3.41. The number of halogens is 3. The van der Waals surface area contributed by atoms with Crippen molar-refractivity contribution in [2.45, 2.75) is 0 Å². The SMILES string of the molecule is Cn1nc(Br)c2c(-c3ccc(F)cc3)c(-c3ccncc3)c(-c3ccc(F)cc3)nc21. The molecule has 5 aromatic rings. The van der Waals surface area contributed by atoms with Crippen LogP contribution in [0.2, 0.25) is 0 Å². The fourth-order valence-electron chi connectivity index (χ4n) is 3.75. The molecule has 0 saturated carbocycles. The summed E-state index contributed by atoms with van der Waals surface area (Å²) in [6, 6.07) is 16.4. The Bertz CT molecular complexity index is 1400. The van der Waals surface area contributed by atoms with Crippen LogP contribution in [0.3, 0.4) is 0 Å². The van der Waals surface area contributed by atoms with Crippen LogP contribution in [0.4, 0.5) is 8.78 Å². The zero-order valence-corrected chi connectivity index (χ0v) is 17.9. The Morgan fingerprint density at radius 3 is 1.90 bits per heavy atom. The molecule has 0 amide bonds. The van der Waals surface area contributed by atoms with E-state index in [1.165, 1.54) is 24.3 Å². The Kier molecular flexibility index (Phi) is 4.82. The van der Waals surface area contributed by atoms with Gasteiger partial charge < -0.3 is 0 Å². The molecule has 0 bridgehead atoms. The van der Waals surface area contributed by atoms with Crippen LogP contribution in [0.25, 0.3) is 44.5 Å². The molecule has 152 valence electrons. The number of hydrogen-bond acceptors (Lipinski definition) is 3. The highest BCUT2D eigenvalue weighted by molar-refractivity contribution is 9.10. The molecular formula is C24H15BrF2N4. The summed E-state index contributed by atoms with van der Waals surface area (Å²) in [7, 11) is 1.81. The molecule has 5 rings (SSSR count). The van der Waals surface area contributed by atoms with E-state index in [0.717, 1.165) is 33.2 Å². The maximum atomic E-state index is 13.7. The van der Waals surface area contributed by atoms with Crippen LogP contribution in [0.5, 0.6) is 0 Å². The minimum atomic E-state index is -0.322. The van der Waals surface area contributed by atoms with E-state index in [2.05, 4.69) is 26.0 Å². The van der Waals surface area contributed by atoms with Crippen molar-refractivity contribution in [1.29, 1.82) is 0 Å². The highest BCUT2D eigenvalue weighted by Crippen LogP contribution is 2.44. The van der Waals surface area contributed by atoms with Gasteiger partial charge in [-0.15, -0.1) is 0 Å². The molecule has 0 spiro atoms. The van der Waals surface area contributed by atoms with Crippen molar-refractivity contribution in [3.05, 3.63) is 89.3 Å². The summed E-state index contributed by atoms with van der Waals surface area (Å²) in [6.45, 7) is 0. The summed E-state index contributed by atoms with van der Waals surface area (Å²) in [5.74, 6) is -0.638. The van der Waals surface area contributed by atoms with Gasteiger partial charge in [0.05, 0.1) is 11.1 Å². The van der Waals surface area contributed by atoms with Gasteiger partial charge in [0.15, 0.2) is 5.65 Å². The van der Waals surface area contributed by atoms with Gasteiger partial charge in [0.25, 0.3) is 0 Å². The second-order valence-electron chi connectivity index (χ2n) is 7.07. The highest BCUT2D eigenvalue weighted by Gasteiger charge is 2.23. The van der Waals surface area contributed by atoms with Crippen molar-refractivity contribution in [3.63, 3.8) is 0 Å². The molecule has 7 heteroatoms. The summed E-state index contributed by atoms with van der Waals surface area (Å²) in [5.41, 5.74) is 5.49. The maximum absolute atomic E-state index is 13.7. The van der Waals surface area contributed by atoms with Crippen molar-refractivity contribution in [2.75, 3.05) is 0 Å². The average molecular weight is 477 g/mol. The van der Waals surface area contributed by atoms with Crippen molar-refractivity contribution >= 4 is 27.0 Å². The van der Waals surface area contributed by atoms with Gasteiger partial charge >= 0.3 is 0 Å². The Morgan fingerprint density at radius 1 is 0.742 bits per heavy atom. The van der Waals surface area contributed by atoms with Gasteiger partial charge in [-0.05, 0) is 75.6 Å². The van der Waals surface area contributed by atoms with E-state index in [0.29, 0.717) is 15.9 Å². The zero-order valence-electron chi connectivity index (χ0n) is 16.4. The molecule has 0 aliphatic carbocycles. The fourth-order valence-corrected chi connectivity index (χ4v) is 4.37. The van der Waals surface area contributed by atoms with Gasteiger partial charge in [0.1, 0.15) is 16.2 Å². The first kappa shape index (κ1) is 19.5. The summed E-state index contributed by atoms with van der Waals surface area (Å²) in [5, 5.41) is 5.31. The van der Waals surface area contributed by atoms with Crippen molar-refractivity contribution in [3.8, 4) is 33.5 Å². The van der Waals surface area contributed by atoms with E-state index in [1.54, 1.807) is 41.3 Å². The largest absolute Gasteiger partial charge is 0.265 e. The molecule has 3 aromatic heterocycles. The molecule has 0 aliphatic heterocycles. The van der Waals surface area contributed by atoms with Crippen LogP contribution in [-0.2, 0) is 7.05 Å². The first-order valence-corrected chi connectivity index (χ1v) is 10.3. The lowest BCUT2D eigenvalue weighted by Gasteiger charge is -2.17. The monoisotopic (exact) mass is 476 g/mol. The topological polar surface area (TPSA) is 43.6 Å². The lowest BCUT2D eigenvalue weighted by molar-refractivity contribution is 0.627. The number of fused-ring (bicyclic) bond motifs is 1. The van der Waals surface area contributed by atoms with Crippen molar-refractivity contribution in [1.82, 2.24) is 19.7 Å². The van der Waals surface area contributed by atoms with E-state index in [4.69, 9.17) is 4.98 Å². The van der Waals surface area contributed by atoms with Crippen molar-refractivity contribution < 1.29 is 8.78 Å². The quantitative estimate of drug-likeness (QED) is 0.302. The van der Waals surface area contributed by atoms with Crippen molar-refractivity contribution in [2.24, 2.45) is 7.05 Å². The Morgan fingerprint density at radius 2 is 1.29 bits per heavy atom. The predicted octanol–water partition coefficient (Wildman–Crippen LogP) is 6.41. The molecule has 0 fully saturated rings. The lowest BCUT2D eigenvalue weighted by Crippen LogP contribution is -1.99. The Labute approximate surface area is 185 Å². The Balaban J connectivity index is 1.98. The maximum Gasteiger partial charge on any atom is 0.160 e. The van der Waals surface area contributed by atoms with Gasteiger partial charge in [0, 0.05) is 36.1 Å². The van der Waals surface area contributed by atoms with E-state index < -0.39 is 0 Å². The number of pyridine rings is 2. The molecule has 0 N–H and O–H groups in total. The number of aryl methyl sites for hydroxylation is 1. The molecule has 31 heavy (non-hydrogen) atoms. The molecular weight excluding hydrogens is 462 g/mol. The average Bonchev–Trinajstić information content (AvgIpc) is 3.07. The predicted molar refractivity (Wildman–Crippen MR) is 120 cm³/mol. The molecule has 0 aliphatic rings. The first-order valence-electron chi connectivity index (χ1n) is 9.51. The van der Waals surface area contributed by atoms with Crippen LogP contribution in [0.15, 0.2) is 77.7 Å². The molecule has 0 unspecified atom stereocenters. The fraction of sp³-hybridized carbons (Fsp3) is 0.0417. The third-order valence-electron chi connectivity index (χ3n) is 5.15. The van der Waals surface area contributed by atoms with Gasteiger partial charge in [-0.3, -0.25) is 4.98 Å². The van der Waals surface area contributed by atoms with E-state index in [-0.39, 0.29) is 11.6 Å². The first-order chi connectivity index (χ1) is 15.0. The number of aromatic nitrogens is 4. The van der Waals surface area contributed by atoms with Crippen LogP contribution in [-0.4, -0.2) is 19.7 Å². The number of rotatable bonds is 3. The highest BCUT2D eigenvalue weighted by atomic mass is 79.9. The molecule has 4 nitrogen and oxygen atoms in total. The molecule has 0 atom stereocenters. The summed E-state index contributed by atoms with van der Waals surface area (Å²) in [4.78, 5) is 9.07. The zero-order chi connectivity index (χ0) is 21.5. The standard InChI is InChI=1S/C24H15BrF2N4/c1-31-24-21(23(25)30-31)19(14-2-6-17(26)7-3-14)20(15-10-12-28-13-11-15)22(29-24)16-4-8-18(27)9-5-16/h2-13H,1H3. The smallest absolute Gasteiger partial charge is 0.160 e. The summed E-state index contributed by atoms with van der Waals surface area (Å²) >= 11 is 3.57. The van der Waals surface area contributed by atoms with Gasteiger partial charge in [-0.1, -0.05) is 12.1 Å². The third-order valence-corrected chi connectivity index (χ3v) is 5.70. The van der Waals surface area contributed by atoms with E-state index in [1.807, 2.05) is 19.2 Å². The van der Waals surface area contributed by atoms with Crippen LogP contribution in [0, 0.1) is 11.6 Å². The second-order valence-corrected chi connectivity index (χ2v) is 7.82. The molecule has 3 heterocycles. The normalized spacial score (nSPS) is 11.2. The molecule has 0 radical (unpaired) electrons. The number of benzene rings is 2. The second kappa shape index (κ2) is 7.67. The van der Waals surface area contributed by atoms with Gasteiger partial charge in [-0.25, -0.2) is 18.4 Å². The van der Waals surface area contributed by atoms with E-state index in [9.17, 15) is 8.78 Å². The number of hydrogen-bond donors (Lipinski definition) is 0. The van der Waals surface area contributed by atoms with Crippen LogP contribution < -0.4 is 0 Å². The lowest BCUT2D eigenvalue weighted by atomic mass is 9.89. The Hall–Kier alpha value is -3.45. The minimum Gasteiger partial charge on any atom is -0.265 e. The number of nitrogens with zero attached hydrogens (tertiary/aromatic N) is 4. The molecule has 0 saturated heterocycles. The van der Waals surface area contributed by atoms with E-state index >= 15 is 0 Å². The van der Waals surface area contributed by atoms with Gasteiger partial charge in [-0.2, -0.15) is 5.10 Å².